The molecule has 174 valence electrons. The maximum Gasteiger partial charge on any atom is 0.243 e. The van der Waals surface area contributed by atoms with Crippen LogP contribution in [0.3, 0.4) is 0 Å². The zero-order chi connectivity index (χ0) is 23.9. The number of rotatable bonds is 5. The molecular formula is C28H35NO2SSi. The predicted octanol–water partition coefficient (Wildman–Crippen LogP) is 5.07. The summed E-state index contributed by atoms with van der Waals surface area (Å²) < 4.78 is 29.0. The van der Waals surface area contributed by atoms with Gasteiger partial charge in [-0.3, -0.25) is 0 Å². The van der Waals surface area contributed by atoms with Gasteiger partial charge >= 0.3 is 0 Å². The van der Waals surface area contributed by atoms with Crippen LogP contribution in [0.1, 0.15) is 33.3 Å². The molecule has 0 N–H and O–H groups in total. The molecule has 1 saturated heterocycles. The van der Waals surface area contributed by atoms with Gasteiger partial charge in [0.05, 0.1) is 4.90 Å². The van der Waals surface area contributed by atoms with E-state index in [1.54, 1.807) is 16.4 Å². The molecule has 1 fully saturated rings. The molecule has 0 saturated carbocycles. The average Bonchev–Trinajstić information content (AvgIpc) is 3.18. The van der Waals surface area contributed by atoms with Gasteiger partial charge in [0.2, 0.25) is 10.0 Å². The molecule has 0 bridgehead atoms. The van der Waals surface area contributed by atoms with Gasteiger partial charge < -0.3 is 0 Å². The van der Waals surface area contributed by atoms with Crippen molar-refractivity contribution in [3.8, 4) is 0 Å². The smallest absolute Gasteiger partial charge is 0.207 e. The normalized spacial score (nSPS) is 20.2. The summed E-state index contributed by atoms with van der Waals surface area (Å²) in [6.45, 7) is 12.4. The third kappa shape index (κ3) is 4.11. The van der Waals surface area contributed by atoms with E-state index in [0.29, 0.717) is 18.0 Å². The summed E-state index contributed by atoms with van der Waals surface area (Å²) in [5.74, 6) is 0.261. The monoisotopic (exact) mass is 477 g/mol. The second kappa shape index (κ2) is 8.86. The molecular weight excluding hydrogens is 442 g/mol. The van der Waals surface area contributed by atoms with E-state index in [2.05, 4.69) is 88.4 Å². The van der Waals surface area contributed by atoms with Crippen molar-refractivity contribution in [2.24, 2.45) is 5.92 Å². The van der Waals surface area contributed by atoms with Crippen LogP contribution in [0.5, 0.6) is 0 Å². The van der Waals surface area contributed by atoms with Crippen molar-refractivity contribution >= 4 is 28.5 Å². The van der Waals surface area contributed by atoms with Crippen LogP contribution >= 0.6 is 0 Å². The molecule has 4 rings (SSSR count). The quantitative estimate of drug-likeness (QED) is 0.481. The van der Waals surface area contributed by atoms with E-state index in [1.165, 1.54) is 10.4 Å². The molecule has 3 aromatic carbocycles. The fourth-order valence-corrected chi connectivity index (χ4v) is 14.6. The lowest BCUT2D eigenvalue weighted by Crippen LogP contribution is -2.68. The molecule has 0 aromatic heterocycles. The number of hydrogen-bond donors (Lipinski definition) is 0. The Morgan fingerprint density at radius 3 is 1.73 bits per heavy atom. The van der Waals surface area contributed by atoms with Crippen LogP contribution in [0.15, 0.2) is 89.8 Å². The highest BCUT2D eigenvalue weighted by Crippen LogP contribution is 2.49. The van der Waals surface area contributed by atoms with Gasteiger partial charge in [0, 0.05) is 13.1 Å². The first-order valence-corrected chi connectivity index (χ1v) is 15.3. The minimum atomic E-state index is -3.54. The van der Waals surface area contributed by atoms with Crippen LogP contribution in [0, 0.1) is 12.8 Å². The zero-order valence-corrected chi connectivity index (χ0v) is 22.1. The van der Waals surface area contributed by atoms with E-state index in [4.69, 9.17) is 0 Å². The Kier molecular flexibility index (Phi) is 6.42. The SMILES string of the molecule is Cc1ccc(S(=O)(=O)N2C[C@@H](C)[C@@H]([Si](c3ccccc3)(c3ccccc3)C(C)(C)C)C2)cc1. The molecule has 0 unspecified atom stereocenters. The molecule has 1 heterocycles. The number of benzene rings is 3. The van der Waals surface area contributed by atoms with Gasteiger partial charge in [0.1, 0.15) is 8.07 Å². The molecule has 0 amide bonds. The topological polar surface area (TPSA) is 37.4 Å². The largest absolute Gasteiger partial charge is 0.243 e. The summed E-state index contributed by atoms with van der Waals surface area (Å²) >= 11 is 0. The highest BCUT2D eigenvalue weighted by Gasteiger charge is 2.57. The molecule has 0 aliphatic carbocycles. The Morgan fingerprint density at radius 2 is 1.27 bits per heavy atom. The highest BCUT2D eigenvalue weighted by atomic mass is 32.2. The Hall–Kier alpha value is -2.21. The first-order valence-electron chi connectivity index (χ1n) is 11.8. The number of nitrogens with zero attached hydrogens (tertiary/aromatic N) is 1. The van der Waals surface area contributed by atoms with Crippen molar-refractivity contribution in [2.75, 3.05) is 13.1 Å². The van der Waals surface area contributed by atoms with Gasteiger partial charge in [-0.05, 0) is 35.6 Å². The van der Waals surface area contributed by atoms with Crippen LogP contribution in [0.25, 0.3) is 0 Å². The molecule has 33 heavy (non-hydrogen) atoms. The summed E-state index contributed by atoms with van der Waals surface area (Å²) in [5, 5.41) is 2.77. The van der Waals surface area contributed by atoms with Crippen molar-refractivity contribution in [1.82, 2.24) is 4.31 Å². The minimum Gasteiger partial charge on any atom is -0.207 e. The summed E-state index contributed by atoms with van der Waals surface area (Å²) in [6.07, 6.45) is 0. The molecule has 1 aliphatic heterocycles. The predicted molar refractivity (Wildman–Crippen MR) is 140 cm³/mol. The van der Waals surface area contributed by atoms with Gasteiger partial charge in [-0.15, -0.1) is 0 Å². The molecule has 3 nitrogen and oxygen atoms in total. The highest BCUT2D eigenvalue weighted by molar-refractivity contribution is 7.89. The second-order valence-electron chi connectivity index (χ2n) is 10.5. The van der Waals surface area contributed by atoms with Crippen LogP contribution in [0.2, 0.25) is 10.6 Å². The summed E-state index contributed by atoms with van der Waals surface area (Å²) in [4.78, 5) is 0.392. The number of hydrogen-bond acceptors (Lipinski definition) is 2. The Balaban J connectivity index is 1.86. The van der Waals surface area contributed by atoms with Crippen molar-refractivity contribution < 1.29 is 8.42 Å². The molecule has 1 aliphatic rings. The Labute approximate surface area is 200 Å². The van der Waals surface area contributed by atoms with Crippen molar-refractivity contribution in [3.63, 3.8) is 0 Å². The second-order valence-corrected chi connectivity index (χ2v) is 17.5. The van der Waals surface area contributed by atoms with Crippen LogP contribution in [0.4, 0.5) is 0 Å². The van der Waals surface area contributed by atoms with Gasteiger partial charge in [-0.1, -0.05) is 116 Å². The van der Waals surface area contributed by atoms with E-state index < -0.39 is 18.1 Å². The zero-order valence-electron chi connectivity index (χ0n) is 20.3. The average molecular weight is 478 g/mol. The minimum absolute atomic E-state index is 0.00172. The number of aryl methyl sites for hydroxylation is 1. The third-order valence-electron chi connectivity index (χ3n) is 7.44. The van der Waals surface area contributed by atoms with Crippen LogP contribution in [-0.2, 0) is 10.0 Å². The van der Waals surface area contributed by atoms with Gasteiger partial charge in [0.15, 0.2) is 0 Å². The van der Waals surface area contributed by atoms with Crippen molar-refractivity contribution in [3.05, 3.63) is 90.5 Å². The van der Waals surface area contributed by atoms with E-state index in [0.717, 1.165) is 5.56 Å². The lowest BCUT2D eigenvalue weighted by atomic mass is 10.1. The lowest BCUT2D eigenvalue weighted by molar-refractivity contribution is 0.464. The Morgan fingerprint density at radius 1 is 0.788 bits per heavy atom. The molecule has 3 aromatic rings. The third-order valence-corrected chi connectivity index (χ3v) is 16.0. The standard InChI is InChI=1S/C28H35NO2SSi/c1-22-16-18-24(19-17-22)32(30,31)29-20-23(2)27(21-29)33(28(3,4)5,25-12-8-6-9-13-25)26-14-10-7-11-15-26/h6-19,23,27H,20-21H2,1-5H3/t23-,27+/m1/s1. The molecule has 0 radical (unpaired) electrons. The van der Waals surface area contributed by atoms with Gasteiger partial charge in [0.25, 0.3) is 0 Å². The Bertz CT molecular complexity index is 1150. The van der Waals surface area contributed by atoms with Crippen molar-refractivity contribution in [2.45, 2.75) is 50.1 Å². The van der Waals surface area contributed by atoms with Crippen LogP contribution in [-0.4, -0.2) is 33.9 Å². The summed E-state index contributed by atoms with van der Waals surface area (Å²) in [7, 11) is -5.95. The van der Waals surface area contributed by atoms with Crippen LogP contribution < -0.4 is 10.4 Å². The summed E-state index contributed by atoms with van der Waals surface area (Å²) in [5.41, 5.74) is 1.33. The van der Waals surface area contributed by atoms with Gasteiger partial charge in [-0.25, -0.2) is 8.42 Å². The van der Waals surface area contributed by atoms with E-state index in [1.807, 2.05) is 19.1 Å². The maximum atomic E-state index is 13.6. The lowest BCUT2D eigenvalue weighted by Gasteiger charge is -2.49. The number of sulfonamides is 1. The molecule has 5 heteroatoms. The molecule has 0 spiro atoms. The van der Waals surface area contributed by atoms with Crippen molar-refractivity contribution in [1.29, 1.82) is 0 Å². The van der Waals surface area contributed by atoms with E-state index in [9.17, 15) is 8.42 Å². The first-order chi connectivity index (χ1) is 15.6. The van der Waals surface area contributed by atoms with E-state index in [-0.39, 0.29) is 16.5 Å². The van der Waals surface area contributed by atoms with Gasteiger partial charge in [-0.2, -0.15) is 4.31 Å². The fourth-order valence-electron chi connectivity index (χ4n) is 5.96. The molecule has 2 atom stereocenters. The fraction of sp³-hybridized carbons (Fsp3) is 0.357. The summed E-state index contributed by atoms with van der Waals surface area (Å²) in [6, 6.07) is 29.0. The van der Waals surface area contributed by atoms with E-state index >= 15 is 0 Å². The maximum absolute atomic E-state index is 13.6. The first kappa shape index (κ1) is 23.9.